The number of rotatable bonds is 7. The lowest BCUT2D eigenvalue weighted by Crippen LogP contribution is -2.32. The standard InChI is InChI=1S/C27H27N3O3/c1-4-24(26(31)28-19-15-13-18(14-16-19)17(2)3)33-27(32)21-10-6-5-9-20(21)25-29-22-11-7-8-12-23(22)30-25/h5-17,24H,4H2,1-3H3,(H,28,31)(H,29,30). The number of para-hydroxylation sites is 2. The molecular formula is C27H27N3O3. The highest BCUT2D eigenvalue weighted by molar-refractivity contribution is 6.00. The highest BCUT2D eigenvalue weighted by Crippen LogP contribution is 2.25. The fourth-order valence-corrected chi connectivity index (χ4v) is 3.64. The van der Waals surface area contributed by atoms with Crippen molar-refractivity contribution >= 4 is 28.6 Å². The number of hydrogen-bond donors (Lipinski definition) is 2. The van der Waals surface area contributed by atoms with Crippen molar-refractivity contribution in [2.45, 2.75) is 39.2 Å². The number of aromatic nitrogens is 2. The Morgan fingerprint density at radius 3 is 2.36 bits per heavy atom. The van der Waals surface area contributed by atoms with E-state index < -0.39 is 12.1 Å². The van der Waals surface area contributed by atoms with Crippen LogP contribution < -0.4 is 5.32 Å². The number of amides is 1. The Morgan fingerprint density at radius 2 is 1.67 bits per heavy atom. The van der Waals surface area contributed by atoms with Gasteiger partial charge in [-0.25, -0.2) is 9.78 Å². The average molecular weight is 442 g/mol. The molecule has 0 fully saturated rings. The Morgan fingerprint density at radius 1 is 0.970 bits per heavy atom. The minimum absolute atomic E-state index is 0.351. The normalized spacial score (nSPS) is 12.0. The van der Waals surface area contributed by atoms with Gasteiger partial charge in [0.25, 0.3) is 5.91 Å². The van der Waals surface area contributed by atoms with E-state index in [1.165, 1.54) is 5.56 Å². The maximum atomic E-state index is 13.1. The molecule has 0 bridgehead atoms. The van der Waals surface area contributed by atoms with Crippen LogP contribution >= 0.6 is 0 Å². The molecule has 1 aromatic heterocycles. The summed E-state index contributed by atoms with van der Waals surface area (Å²) < 4.78 is 5.63. The van der Waals surface area contributed by atoms with E-state index in [1.807, 2.05) is 67.6 Å². The van der Waals surface area contributed by atoms with Crippen LogP contribution in [0.15, 0.2) is 72.8 Å². The number of carbonyl (C=O) groups excluding carboxylic acids is 2. The molecule has 0 aliphatic carbocycles. The molecule has 3 aromatic carbocycles. The molecular weight excluding hydrogens is 414 g/mol. The molecule has 4 aromatic rings. The van der Waals surface area contributed by atoms with Gasteiger partial charge in [0.2, 0.25) is 0 Å². The number of nitrogens with one attached hydrogen (secondary N) is 2. The van der Waals surface area contributed by atoms with Crippen molar-refractivity contribution in [3.05, 3.63) is 83.9 Å². The highest BCUT2D eigenvalue weighted by atomic mass is 16.5. The van der Waals surface area contributed by atoms with Crippen molar-refractivity contribution in [3.63, 3.8) is 0 Å². The monoisotopic (exact) mass is 441 g/mol. The molecule has 4 rings (SSSR count). The first-order valence-electron chi connectivity index (χ1n) is 11.1. The quantitative estimate of drug-likeness (QED) is 0.348. The zero-order valence-corrected chi connectivity index (χ0v) is 19.0. The lowest BCUT2D eigenvalue weighted by atomic mass is 10.0. The van der Waals surface area contributed by atoms with Gasteiger partial charge in [-0.05, 0) is 48.2 Å². The average Bonchev–Trinajstić information content (AvgIpc) is 3.27. The van der Waals surface area contributed by atoms with Gasteiger partial charge in [-0.1, -0.05) is 63.2 Å². The van der Waals surface area contributed by atoms with E-state index in [9.17, 15) is 9.59 Å². The SMILES string of the molecule is CCC(OC(=O)c1ccccc1-c1nc2ccccc2[nH]1)C(=O)Nc1ccc(C(C)C)cc1. The summed E-state index contributed by atoms with van der Waals surface area (Å²) in [6, 6.07) is 22.4. The van der Waals surface area contributed by atoms with E-state index in [2.05, 4.69) is 29.1 Å². The predicted octanol–water partition coefficient (Wildman–Crippen LogP) is 5.93. The summed E-state index contributed by atoms with van der Waals surface area (Å²) in [5.74, 6) is 0.0602. The van der Waals surface area contributed by atoms with Crippen molar-refractivity contribution in [1.29, 1.82) is 0 Å². The molecule has 168 valence electrons. The lowest BCUT2D eigenvalue weighted by molar-refractivity contribution is -0.124. The van der Waals surface area contributed by atoms with Crippen molar-refractivity contribution in [1.82, 2.24) is 9.97 Å². The van der Waals surface area contributed by atoms with Gasteiger partial charge in [0.15, 0.2) is 6.10 Å². The Kier molecular flexibility index (Phi) is 6.54. The topological polar surface area (TPSA) is 84.1 Å². The van der Waals surface area contributed by atoms with Crippen molar-refractivity contribution in [2.24, 2.45) is 0 Å². The highest BCUT2D eigenvalue weighted by Gasteiger charge is 2.24. The van der Waals surface area contributed by atoms with Crippen molar-refractivity contribution < 1.29 is 14.3 Å². The van der Waals surface area contributed by atoms with Gasteiger partial charge in [-0.2, -0.15) is 0 Å². The van der Waals surface area contributed by atoms with Gasteiger partial charge in [0.1, 0.15) is 5.82 Å². The second-order valence-corrected chi connectivity index (χ2v) is 8.22. The third-order valence-corrected chi connectivity index (χ3v) is 5.55. The summed E-state index contributed by atoms with van der Waals surface area (Å²) in [7, 11) is 0. The summed E-state index contributed by atoms with van der Waals surface area (Å²) in [4.78, 5) is 33.7. The number of esters is 1. The summed E-state index contributed by atoms with van der Waals surface area (Å²) in [5.41, 5.74) is 4.52. The van der Waals surface area contributed by atoms with Crippen LogP contribution in [0.25, 0.3) is 22.4 Å². The minimum atomic E-state index is -0.911. The smallest absolute Gasteiger partial charge is 0.339 e. The van der Waals surface area contributed by atoms with Crippen LogP contribution in [-0.2, 0) is 9.53 Å². The third-order valence-electron chi connectivity index (χ3n) is 5.55. The van der Waals surface area contributed by atoms with Crippen LogP contribution in [0.5, 0.6) is 0 Å². The van der Waals surface area contributed by atoms with E-state index in [4.69, 9.17) is 4.74 Å². The molecule has 1 unspecified atom stereocenters. The number of H-pyrrole nitrogens is 1. The van der Waals surface area contributed by atoms with Crippen LogP contribution in [-0.4, -0.2) is 27.9 Å². The molecule has 0 radical (unpaired) electrons. The number of anilines is 1. The van der Waals surface area contributed by atoms with Gasteiger partial charge in [0.05, 0.1) is 16.6 Å². The zero-order valence-electron chi connectivity index (χ0n) is 19.0. The number of ether oxygens (including phenoxy) is 1. The van der Waals surface area contributed by atoms with Crippen molar-refractivity contribution in [3.8, 4) is 11.4 Å². The van der Waals surface area contributed by atoms with E-state index in [1.54, 1.807) is 12.1 Å². The van der Waals surface area contributed by atoms with Crippen LogP contribution in [0.2, 0.25) is 0 Å². The molecule has 2 N–H and O–H groups in total. The number of hydrogen-bond acceptors (Lipinski definition) is 4. The predicted molar refractivity (Wildman–Crippen MR) is 130 cm³/mol. The van der Waals surface area contributed by atoms with Gasteiger partial charge >= 0.3 is 5.97 Å². The van der Waals surface area contributed by atoms with E-state index in [0.717, 1.165) is 11.0 Å². The minimum Gasteiger partial charge on any atom is -0.449 e. The number of imidazole rings is 1. The van der Waals surface area contributed by atoms with Gasteiger partial charge in [-0.15, -0.1) is 0 Å². The van der Waals surface area contributed by atoms with E-state index in [-0.39, 0.29) is 5.91 Å². The van der Waals surface area contributed by atoms with Crippen LogP contribution in [0.1, 0.15) is 49.0 Å². The largest absolute Gasteiger partial charge is 0.449 e. The first kappa shape index (κ1) is 22.3. The lowest BCUT2D eigenvalue weighted by Gasteiger charge is -2.17. The molecule has 0 aliphatic rings. The fourth-order valence-electron chi connectivity index (χ4n) is 3.64. The van der Waals surface area contributed by atoms with Gasteiger partial charge < -0.3 is 15.0 Å². The first-order valence-corrected chi connectivity index (χ1v) is 11.1. The number of carbonyl (C=O) groups is 2. The zero-order chi connectivity index (χ0) is 23.4. The summed E-state index contributed by atoms with van der Waals surface area (Å²) in [6.07, 6.45) is -0.555. The summed E-state index contributed by atoms with van der Waals surface area (Å²) in [6.45, 7) is 6.04. The third kappa shape index (κ3) is 4.95. The van der Waals surface area contributed by atoms with Gasteiger partial charge in [0, 0.05) is 11.3 Å². The molecule has 0 spiro atoms. The Bertz CT molecular complexity index is 1240. The second-order valence-electron chi connectivity index (χ2n) is 8.22. The number of nitrogens with zero attached hydrogens (tertiary/aromatic N) is 1. The van der Waals surface area contributed by atoms with Crippen LogP contribution in [0, 0.1) is 0 Å². The first-order chi connectivity index (χ1) is 16.0. The second kappa shape index (κ2) is 9.69. The van der Waals surface area contributed by atoms with E-state index >= 15 is 0 Å². The molecule has 1 atom stereocenters. The maximum absolute atomic E-state index is 13.1. The van der Waals surface area contributed by atoms with Crippen LogP contribution in [0.4, 0.5) is 5.69 Å². The summed E-state index contributed by atoms with van der Waals surface area (Å²) >= 11 is 0. The molecule has 1 amide bonds. The molecule has 0 saturated carbocycles. The summed E-state index contributed by atoms with van der Waals surface area (Å²) in [5, 5.41) is 2.85. The molecule has 6 heteroatoms. The number of aromatic amines is 1. The van der Waals surface area contributed by atoms with Crippen LogP contribution in [0.3, 0.4) is 0 Å². The molecule has 6 nitrogen and oxygen atoms in total. The van der Waals surface area contributed by atoms with Crippen molar-refractivity contribution in [2.75, 3.05) is 5.32 Å². The fraction of sp³-hybridized carbons (Fsp3) is 0.222. The Labute approximate surface area is 193 Å². The molecule has 1 heterocycles. The Hall–Kier alpha value is -3.93. The number of benzene rings is 3. The Balaban J connectivity index is 1.51. The molecule has 33 heavy (non-hydrogen) atoms. The molecule has 0 saturated heterocycles. The van der Waals surface area contributed by atoms with E-state index in [0.29, 0.717) is 35.0 Å². The maximum Gasteiger partial charge on any atom is 0.339 e. The number of fused-ring (bicyclic) bond motifs is 1. The van der Waals surface area contributed by atoms with Gasteiger partial charge in [-0.3, -0.25) is 4.79 Å². The molecule has 0 aliphatic heterocycles.